The summed E-state index contributed by atoms with van der Waals surface area (Å²) in [6.07, 6.45) is 4.42. The standard InChI is InChI=1S/C50H65N9O8S/c1-10-41(60)57-27-50(28-57)26-56(20-21-67-50)48(64)55(8)43(30(3)4)45(61)53-37-23-40-52-38(25-68-40)32-16-17-39-34(22-32)35(44(58(39)11-2)33-14-12-18-51-42(33)31(5)65-9)24-49(6,7)29-66-47(63)36-15-13-19-59(54-36)46(37)62/h10,12,14,16-18,22,25,30-31,36-37,43,54H,1,11,13,15,19-21,23-24,26-29H2,2-9H3,(H,53,61)/t31-,36-,37-,43?/m0/s1. The quantitative estimate of drug-likeness (QED) is 0.163. The molecule has 4 aliphatic heterocycles. The zero-order chi connectivity index (χ0) is 48.7. The Hall–Kier alpha value is -5.69. The lowest BCUT2D eigenvalue weighted by Gasteiger charge is -2.53. The van der Waals surface area contributed by atoms with Crippen LogP contribution in [0.2, 0.25) is 0 Å². The number of aryl methyl sites for hydroxylation is 1. The highest BCUT2D eigenvalue weighted by Crippen LogP contribution is 2.42. The lowest BCUT2D eigenvalue weighted by molar-refractivity contribution is -0.184. The van der Waals surface area contributed by atoms with E-state index < -0.39 is 46.9 Å². The van der Waals surface area contributed by atoms with E-state index in [1.54, 1.807) is 30.2 Å². The molecule has 17 nitrogen and oxygen atoms in total. The van der Waals surface area contributed by atoms with Crippen LogP contribution in [-0.2, 0) is 52.8 Å². The Morgan fingerprint density at radius 2 is 1.88 bits per heavy atom. The van der Waals surface area contributed by atoms with Crippen molar-refractivity contribution in [3.05, 3.63) is 70.8 Å². The van der Waals surface area contributed by atoms with Gasteiger partial charge in [-0.25, -0.2) is 15.2 Å². The number of carbonyl (C=O) groups is 5. The summed E-state index contributed by atoms with van der Waals surface area (Å²) in [5.41, 5.74) is 8.55. The molecule has 1 aromatic carbocycles. The Morgan fingerprint density at radius 3 is 2.60 bits per heavy atom. The maximum atomic E-state index is 14.7. The van der Waals surface area contributed by atoms with Gasteiger partial charge in [0.15, 0.2) is 0 Å². The summed E-state index contributed by atoms with van der Waals surface area (Å²) < 4.78 is 20.3. The maximum Gasteiger partial charge on any atom is 0.324 e. The van der Waals surface area contributed by atoms with Crippen molar-refractivity contribution in [3.63, 3.8) is 0 Å². The maximum absolute atomic E-state index is 14.7. The fraction of sp³-hybridized carbons (Fsp3) is 0.540. The number of nitrogens with one attached hydrogen (secondary N) is 2. The molecular formula is C50H65N9O8S. The molecule has 4 atom stereocenters. The summed E-state index contributed by atoms with van der Waals surface area (Å²) >= 11 is 1.40. The number of ether oxygens (including phenoxy) is 3. The van der Waals surface area contributed by atoms with E-state index >= 15 is 0 Å². The monoisotopic (exact) mass is 951 g/mol. The molecule has 8 rings (SSSR count). The summed E-state index contributed by atoms with van der Waals surface area (Å²) in [5, 5.41) is 8.10. The van der Waals surface area contributed by atoms with Crippen molar-refractivity contribution in [3.8, 4) is 22.5 Å². The van der Waals surface area contributed by atoms with Gasteiger partial charge in [-0.1, -0.05) is 40.3 Å². The highest BCUT2D eigenvalue weighted by atomic mass is 32.1. The first-order chi connectivity index (χ1) is 32.5. The predicted molar refractivity (Wildman–Crippen MR) is 258 cm³/mol. The van der Waals surface area contributed by atoms with Gasteiger partial charge in [-0.2, -0.15) is 0 Å². The first kappa shape index (κ1) is 48.8. The molecule has 0 saturated carbocycles. The number of carbonyl (C=O) groups excluding carboxylic acids is 5. The molecule has 4 aliphatic rings. The van der Waals surface area contributed by atoms with Gasteiger partial charge in [0.25, 0.3) is 5.91 Å². The van der Waals surface area contributed by atoms with Gasteiger partial charge in [-0.05, 0) is 74.9 Å². The highest BCUT2D eigenvalue weighted by Gasteiger charge is 2.50. The molecule has 0 aliphatic carbocycles. The number of esters is 1. The molecule has 2 N–H and O–H groups in total. The molecule has 3 fully saturated rings. The van der Waals surface area contributed by atoms with Gasteiger partial charge in [0, 0.05) is 79.2 Å². The molecule has 6 bridgehead atoms. The van der Waals surface area contributed by atoms with Crippen LogP contribution in [0, 0.1) is 11.3 Å². The normalized spacial score (nSPS) is 21.5. The number of nitrogens with zero attached hydrogens (tertiary/aromatic N) is 7. The van der Waals surface area contributed by atoms with E-state index in [0.717, 1.165) is 44.7 Å². The SMILES string of the molecule is C=CC(=O)N1CC2(C1)CN(C(=O)N(C)C(C(=O)N[C@H]1Cc3nc(cs3)-c3ccc4c(c3)c(c(-c3cccnc3[C@H](C)OC)n4CC)CC(C)(C)COC(=O)[C@@H]3CCCN(N3)C1=O)C(C)C)CCO2. The summed E-state index contributed by atoms with van der Waals surface area (Å²) in [4.78, 5) is 84.2. The number of aromatic nitrogens is 3. The van der Waals surface area contributed by atoms with E-state index in [4.69, 9.17) is 24.2 Å². The Balaban J connectivity index is 1.13. The lowest BCUT2D eigenvalue weighted by atomic mass is 9.84. The number of pyridine rings is 1. The minimum absolute atomic E-state index is 0.0659. The topological polar surface area (TPSA) is 181 Å². The number of morpholine rings is 1. The minimum Gasteiger partial charge on any atom is -0.464 e. The second-order valence-corrected chi connectivity index (χ2v) is 20.6. The number of thiazole rings is 1. The Kier molecular flexibility index (Phi) is 14.1. The van der Waals surface area contributed by atoms with E-state index in [-0.39, 0.29) is 50.1 Å². The van der Waals surface area contributed by atoms with Crippen molar-refractivity contribution < 1.29 is 38.2 Å². The van der Waals surface area contributed by atoms with Crippen molar-refractivity contribution in [1.82, 2.24) is 45.0 Å². The largest absolute Gasteiger partial charge is 0.464 e. The third-order valence-corrected chi connectivity index (χ3v) is 14.6. The van der Waals surface area contributed by atoms with Gasteiger partial charge in [0.1, 0.15) is 23.7 Å². The fourth-order valence-corrected chi connectivity index (χ4v) is 11.1. The Bertz CT molecular complexity index is 2580. The second-order valence-electron chi connectivity index (χ2n) is 19.7. The lowest BCUT2D eigenvalue weighted by Crippen LogP contribution is -2.72. The van der Waals surface area contributed by atoms with Crippen molar-refractivity contribution in [2.75, 3.05) is 60.1 Å². The molecule has 18 heteroatoms. The average Bonchev–Trinajstić information content (AvgIpc) is 3.92. The third-order valence-electron chi connectivity index (χ3n) is 13.7. The number of hydrazine groups is 1. The van der Waals surface area contributed by atoms with Gasteiger partial charge < -0.3 is 38.8 Å². The van der Waals surface area contributed by atoms with Crippen LogP contribution in [0.3, 0.4) is 0 Å². The predicted octanol–water partition coefficient (Wildman–Crippen LogP) is 5.38. The van der Waals surface area contributed by atoms with Gasteiger partial charge >= 0.3 is 12.0 Å². The number of hydrogen-bond donors (Lipinski definition) is 2. The molecule has 0 radical (unpaired) electrons. The Labute approximate surface area is 402 Å². The number of amides is 5. The first-order valence-corrected chi connectivity index (χ1v) is 24.5. The van der Waals surface area contributed by atoms with Gasteiger partial charge in [-0.3, -0.25) is 29.2 Å². The van der Waals surface area contributed by atoms with Crippen LogP contribution < -0.4 is 10.7 Å². The zero-order valence-corrected chi connectivity index (χ0v) is 41.3. The van der Waals surface area contributed by atoms with E-state index in [1.165, 1.54) is 27.3 Å². The molecule has 3 aromatic heterocycles. The van der Waals surface area contributed by atoms with Crippen LogP contribution in [-0.4, -0.2) is 148 Å². The van der Waals surface area contributed by atoms with Crippen LogP contribution >= 0.6 is 11.3 Å². The molecule has 5 amide bonds. The van der Waals surface area contributed by atoms with E-state index in [2.05, 4.69) is 66.9 Å². The Morgan fingerprint density at radius 1 is 1.12 bits per heavy atom. The van der Waals surface area contributed by atoms with E-state index in [1.807, 2.05) is 32.2 Å². The van der Waals surface area contributed by atoms with Gasteiger partial charge in [0.2, 0.25) is 11.8 Å². The highest BCUT2D eigenvalue weighted by molar-refractivity contribution is 7.10. The van der Waals surface area contributed by atoms with Gasteiger partial charge in [0.05, 0.1) is 61.0 Å². The fourth-order valence-electron chi connectivity index (χ4n) is 10.2. The number of hydrogen-bond acceptors (Lipinski definition) is 12. The summed E-state index contributed by atoms with van der Waals surface area (Å²) in [6, 6.07) is 7.20. The number of urea groups is 1. The number of cyclic esters (lactones) is 1. The summed E-state index contributed by atoms with van der Waals surface area (Å²) in [5.74, 6) is -1.92. The van der Waals surface area contributed by atoms with E-state index in [0.29, 0.717) is 57.0 Å². The number of fused-ring (bicyclic) bond motifs is 6. The zero-order valence-electron chi connectivity index (χ0n) is 40.5. The first-order valence-electron chi connectivity index (χ1n) is 23.7. The van der Waals surface area contributed by atoms with Crippen LogP contribution in [0.4, 0.5) is 4.79 Å². The number of methoxy groups -OCH3 is 1. The minimum atomic E-state index is -1.10. The van der Waals surface area contributed by atoms with Crippen LogP contribution in [0.25, 0.3) is 33.4 Å². The van der Waals surface area contributed by atoms with Gasteiger partial charge in [-0.15, -0.1) is 11.3 Å². The van der Waals surface area contributed by atoms with Crippen LogP contribution in [0.5, 0.6) is 0 Å². The third kappa shape index (κ3) is 9.65. The molecule has 364 valence electrons. The van der Waals surface area contributed by atoms with Crippen LogP contribution in [0.15, 0.2) is 54.6 Å². The number of likely N-dealkylation sites (N-methyl/N-ethyl adjacent to an activating group) is 1. The molecule has 1 spiro atoms. The molecule has 68 heavy (non-hydrogen) atoms. The van der Waals surface area contributed by atoms with E-state index in [9.17, 15) is 24.0 Å². The second kappa shape index (κ2) is 19.7. The number of benzene rings is 1. The molecule has 4 aromatic rings. The summed E-state index contributed by atoms with van der Waals surface area (Å²) in [6.45, 7) is 18.3. The van der Waals surface area contributed by atoms with Crippen molar-refractivity contribution in [2.45, 2.75) is 104 Å². The van der Waals surface area contributed by atoms with Crippen molar-refractivity contribution >= 4 is 52.0 Å². The average molecular weight is 952 g/mol. The molecular weight excluding hydrogens is 887 g/mol. The van der Waals surface area contributed by atoms with Crippen molar-refractivity contribution in [1.29, 1.82) is 0 Å². The molecule has 3 saturated heterocycles. The molecule has 1 unspecified atom stereocenters. The molecule has 7 heterocycles. The number of rotatable bonds is 9. The number of likely N-dealkylation sites (tertiary alicyclic amines) is 1. The summed E-state index contributed by atoms with van der Waals surface area (Å²) in [7, 11) is 3.28. The van der Waals surface area contributed by atoms with Crippen molar-refractivity contribution in [2.24, 2.45) is 11.3 Å². The van der Waals surface area contributed by atoms with Crippen LogP contribution in [0.1, 0.15) is 76.8 Å². The smallest absolute Gasteiger partial charge is 0.324 e.